The van der Waals surface area contributed by atoms with E-state index in [0.717, 1.165) is 0 Å². The smallest absolute Gasteiger partial charge is 0.338 e. The van der Waals surface area contributed by atoms with Gasteiger partial charge in [-0.25, -0.2) is 13.2 Å². The van der Waals surface area contributed by atoms with Crippen molar-refractivity contribution in [1.82, 2.24) is 0 Å². The van der Waals surface area contributed by atoms with Crippen LogP contribution in [-0.4, -0.2) is 32.7 Å². The van der Waals surface area contributed by atoms with Gasteiger partial charge in [0.25, 0.3) is 5.91 Å². The van der Waals surface area contributed by atoms with Crippen molar-refractivity contribution in [3.8, 4) is 0 Å². The Morgan fingerprint density at radius 2 is 1.77 bits per heavy atom. The first kappa shape index (κ1) is 19.7. The van der Waals surface area contributed by atoms with Gasteiger partial charge in [-0.15, -0.1) is 0 Å². The van der Waals surface area contributed by atoms with Gasteiger partial charge in [-0.3, -0.25) is 4.79 Å². The van der Waals surface area contributed by atoms with E-state index in [9.17, 15) is 18.0 Å². The van der Waals surface area contributed by atoms with Crippen LogP contribution in [0.2, 0.25) is 0 Å². The highest BCUT2D eigenvalue weighted by Gasteiger charge is 2.21. The fourth-order valence-corrected chi connectivity index (χ4v) is 3.98. The van der Waals surface area contributed by atoms with E-state index in [2.05, 4.69) is 5.32 Å². The Bertz CT molecular complexity index is 906. The highest BCUT2D eigenvalue weighted by atomic mass is 32.2. The predicted octanol–water partition coefficient (Wildman–Crippen LogP) is 3.30. The molecule has 2 aromatic rings. The number of benzene rings is 2. The summed E-state index contributed by atoms with van der Waals surface area (Å²) >= 11 is 0. The van der Waals surface area contributed by atoms with Crippen LogP contribution in [0.15, 0.2) is 53.4 Å². The first-order chi connectivity index (χ1) is 12.4. The third kappa shape index (κ3) is 4.70. The summed E-state index contributed by atoms with van der Waals surface area (Å²) in [6, 6.07) is 12.4. The Hall–Kier alpha value is -2.67. The average Bonchev–Trinajstić information content (AvgIpc) is 2.62. The van der Waals surface area contributed by atoms with Crippen molar-refractivity contribution in [2.45, 2.75) is 25.2 Å². The SMILES string of the molecule is CCCS(=O)(=O)c1ccccc1C(=O)Nc1cccc(C(=O)OCC)c1. The summed E-state index contributed by atoms with van der Waals surface area (Å²) in [6.07, 6.45) is 0.458. The molecule has 7 heteroatoms. The Labute approximate surface area is 153 Å². The monoisotopic (exact) mass is 375 g/mol. The molecule has 0 saturated carbocycles. The lowest BCUT2D eigenvalue weighted by Crippen LogP contribution is -2.18. The molecule has 0 bridgehead atoms. The molecule has 0 atom stereocenters. The zero-order chi connectivity index (χ0) is 19.2. The van der Waals surface area contributed by atoms with E-state index < -0.39 is 21.7 Å². The van der Waals surface area contributed by atoms with Gasteiger partial charge < -0.3 is 10.1 Å². The third-order valence-electron chi connectivity index (χ3n) is 3.57. The number of amides is 1. The van der Waals surface area contributed by atoms with E-state index in [1.807, 2.05) is 0 Å². The van der Waals surface area contributed by atoms with Crippen molar-refractivity contribution in [1.29, 1.82) is 0 Å². The molecular formula is C19H21NO5S. The zero-order valence-electron chi connectivity index (χ0n) is 14.7. The lowest BCUT2D eigenvalue weighted by atomic mass is 10.1. The minimum absolute atomic E-state index is 0.000831. The highest BCUT2D eigenvalue weighted by molar-refractivity contribution is 7.91. The van der Waals surface area contributed by atoms with E-state index in [-0.39, 0.29) is 22.8 Å². The van der Waals surface area contributed by atoms with Crippen molar-refractivity contribution in [2.75, 3.05) is 17.7 Å². The van der Waals surface area contributed by atoms with Gasteiger partial charge in [-0.05, 0) is 43.7 Å². The fraction of sp³-hybridized carbons (Fsp3) is 0.263. The second-order valence-corrected chi connectivity index (χ2v) is 7.65. The number of nitrogens with one attached hydrogen (secondary N) is 1. The van der Waals surface area contributed by atoms with E-state index >= 15 is 0 Å². The molecule has 0 fully saturated rings. The van der Waals surface area contributed by atoms with Crippen molar-refractivity contribution in [3.63, 3.8) is 0 Å². The highest BCUT2D eigenvalue weighted by Crippen LogP contribution is 2.20. The number of hydrogen-bond acceptors (Lipinski definition) is 5. The quantitative estimate of drug-likeness (QED) is 0.750. The first-order valence-corrected chi connectivity index (χ1v) is 9.94. The molecule has 6 nitrogen and oxygen atoms in total. The van der Waals surface area contributed by atoms with E-state index in [1.54, 1.807) is 44.2 Å². The van der Waals surface area contributed by atoms with Crippen LogP contribution in [-0.2, 0) is 14.6 Å². The van der Waals surface area contributed by atoms with Gasteiger partial charge in [-0.1, -0.05) is 25.1 Å². The van der Waals surface area contributed by atoms with Crippen LogP contribution in [0.3, 0.4) is 0 Å². The molecule has 138 valence electrons. The molecule has 0 heterocycles. The maximum absolute atomic E-state index is 12.6. The van der Waals surface area contributed by atoms with E-state index in [1.165, 1.54) is 18.2 Å². The molecule has 0 aliphatic rings. The zero-order valence-corrected chi connectivity index (χ0v) is 15.5. The first-order valence-electron chi connectivity index (χ1n) is 8.29. The van der Waals surface area contributed by atoms with Crippen LogP contribution in [0.5, 0.6) is 0 Å². The molecule has 0 aromatic heterocycles. The third-order valence-corrected chi connectivity index (χ3v) is 5.54. The molecule has 0 unspecified atom stereocenters. The fourth-order valence-electron chi connectivity index (χ4n) is 2.44. The van der Waals surface area contributed by atoms with Crippen molar-refractivity contribution in [3.05, 3.63) is 59.7 Å². The lowest BCUT2D eigenvalue weighted by molar-refractivity contribution is 0.0526. The van der Waals surface area contributed by atoms with Crippen LogP contribution in [0.1, 0.15) is 41.0 Å². The molecule has 2 aromatic carbocycles. The normalized spacial score (nSPS) is 11.0. The number of carbonyl (C=O) groups excluding carboxylic acids is 2. The molecule has 2 rings (SSSR count). The Morgan fingerprint density at radius 3 is 2.46 bits per heavy atom. The summed E-state index contributed by atoms with van der Waals surface area (Å²) in [7, 11) is -3.54. The van der Waals surface area contributed by atoms with E-state index in [4.69, 9.17) is 4.74 Å². The van der Waals surface area contributed by atoms with Crippen molar-refractivity contribution >= 4 is 27.4 Å². The van der Waals surface area contributed by atoms with Crippen LogP contribution in [0.4, 0.5) is 5.69 Å². The summed E-state index contributed by atoms with van der Waals surface area (Å²) in [5, 5.41) is 2.64. The second kappa shape index (κ2) is 8.62. The second-order valence-electron chi connectivity index (χ2n) is 5.57. The van der Waals surface area contributed by atoms with Crippen molar-refractivity contribution < 1.29 is 22.7 Å². The van der Waals surface area contributed by atoms with Crippen LogP contribution in [0, 0.1) is 0 Å². The molecule has 0 aliphatic carbocycles. The molecule has 1 N–H and O–H groups in total. The standard InChI is InChI=1S/C19H21NO5S/c1-3-12-26(23,24)17-11-6-5-10-16(17)18(21)20-15-9-7-8-14(13-15)19(22)25-4-2/h5-11,13H,3-4,12H2,1-2H3,(H,20,21). The summed E-state index contributed by atoms with van der Waals surface area (Å²) < 4.78 is 29.7. The number of ether oxygens (including phenoxy) is 1. The minimum Gasteiger partial charge on any atom is -0.462 e. The predicted molar refractivity (Wildman–Crippen MR) is 99.1 cm³/mol. The van der Waals surface area contributed by atoms with Crippen LogP contribution in [0.25, 0.3) is 0 Å². The minimum atomic E-state index is -3.54. The molecule has 0 aliphatic heterocycles. The van der Waals surface area contributed by atoms with Gasteiger partial charge in [0.2, 0.25) is 0 Å². The summed E-state index contributed by atoms with van der Waals surface area (Å²) in [5.74, 6) is -1.08. The summed E-state index contributed by atoms with van der Waals surface area (Å²) in [4.78, 5) is 24.4. The molecular weight excluding hydrogens is 354 g/mol. The number of carbonyl (C=O) groups is 2. The summed E-state index contributed by atoms with van der Waals surface area (Å²) in [5.41, 5.74) is 0.752. The lowest BCUT2D eigenvalue weighted by Gasteiger charge is -2.11. The number of sulfone groups is 1. The van der Waals surface area contributed by atoms with Crippen LogP contribution >= 0.6 is 0 Å². The van der Waals surface area contributed by atoms with Gasteiger partial charge in [0.05, 0.1) is 28.4 Å². The number of hydrogen-bond donors (Lipinski definition) is 1. The van der Waals surface area contributed by atoms with Gasteiger partial charge in [-0.2, -0.15) is 0 Å². The van der Waals surface area contributed by atoms with Gasteiger partial charge in [0.15, 0.2) is 9.84 Å². The molecule has 26 heavy (non-hydrogen) atoms. The van der Waals surface area contributed by atoms with Gasteiger partial charge in [0.1, 0.15) is 0 Å². The van der Waals surface area contributed by atoms with Gasteiger partial charge in [0, 0.05) is 5.69 Å². The largest absolute Gasteiger partial charge is 0.462 e. The Kier molecular flexibility index (Phi) is 6.52. The van der Waals surface area contributed by atoms with E-state index in [0.29, 0.717) is 17.7 Å². The number of rotatable bonds is 7. The maximum atomic E-state index is 12.6. The maximum Gasteiger partial charge on any atom is 0.338 e. The van der Waals surface area contributed by atoms with Crippen LogP contribution < -0.4 is 5.32 Å². The number of anilines is 1. The Morgan fingerprint density at radius 1 is 1.04 bits per heavy atom. The molecule has 0 saturated heterocycles. The topological polar surface area (TPSA) is 89.5 Å². The molecule has 0 spiro atoms. The Balaban J connectivity index is 2.29. The number of esters is 1. The van der Waals surface area contributed by atoms with Crippen molar-refractivity contribution in [2.24, 2.45) is 0 Å². The van der Waals surface area contributed by atoms with Gasteiger partial charge >= 0.3 is 5.97 Å². The molecule has 0 radical (unpaired) electrons. The average molecular weight is 375 g/mol. The molecule has 1 amide bonds. The summed E-state index contributed by atoms with van der Waals surface area (Å²) in [6.45, 7) is 3.72.